The third-order valence-corrected chi connectivity index (χ3v) is 5.35. The van der Waals surface area contributed by atoms with E-state index in [1.807, 2.05) is 37.3 Å². The van der Waals surface area contributed by atoms with Gasteiger partial charge in [0.1, 0.15) is 12.4 Å². The van der Waals surface area contributed by atoms with E-state index in [9.17, 15) is 4.79 Å². The number of aryl methyl sites for hydroxylation is 3. The maximum absolute atomic E-state index is 12.3. The largest absolute Gasteiger partial charge is 0.492 e. The van der Waals surface area contributed by atoms with Gasteiger partial charge in [0, 0.05) is 36.5 Å². The second-order valence-electron chi connectivity index (χ2n) is 8.42. The molecule has 0 aliphatic carbocycles. The van der Waals surface area contributed by atoms with Gasteiger partial charge in [-0.25, -0.2) is 0 Å². The number of hydrogen-bond donors (Lipinski definition) is 1. The quantitative estimate of drug-likeness (QED) is 0.536. The number of rotatable bonds is 9. The summed E-state index contributed by atoms with van der Waals surface area (Å²) in [6.07, 6.45) is 3.40. The Kier molecular flexibility index (Phi) is 8.67. The minimum atomic E-state index is -0.158. The Balaban J connectivity index is 1.97. The van der Waals surface area contributed by atoms with Gasteiger partial charge in [0.2, 0.25) is 5.91 Å². The van der Waals surface area contributed by atoms with Crippen molar-refractivity contribution in [3.8, 4) is 5.75 Å². The average Bonchev–Trinajstić information content (AvgIpc) is 2.67. The molecule has 0 spiro atoms. The highest BCUT2D eigenvalue weighted by Crippen LogP contribution is 2.23. The second kappa shape index (κ2) is 11.0. The first-order valence-corrected chi connectivity index (χ1v) is 10.7. The molecule has 4 heteroatoms. The SMILES string of the molecule is Cc1ccc(/C=C/C(=O)Nc2ccc(C)c(OCCN(C(C)C)C(C)C)c2)cc1C. The van der Waals surface area contributed by atoms with Crippen LogP contribution in [0.1, 0.15) is 49.9 Å². The van der Waals surface area contributed by atoms with E-state index in [-0.39, 0.29) is 5.91 Å². The first-order valence-electron chi connectivity index (χ1n) is 10.7. The van der Waals surface area contributed by atoms with Crippen molar-refractivity contribution in [3.63, 3.8) is 0 Å². The number of hydrogen-bond acceptors (Lipinski definition) is 3. The number of amides is 1. The van der Waals surface area contributed by atoms with Gasteiger partial charge in [-0.3, -0.25) is 9.69 Å². The van der Waals surface area contributed by atoms with Crippen LogP contribution in [0.25, 0.3) is 6.08 Å². The fourth-order valence-corrected chi connectivity index (χ4v) is 3.43. The van der Waals surface area contributed by atoms with Crippen LogP contribution in [0, 0.1) is 20.8 Å². The molecule has 0 heterocycles. The highest BCUT2D eigenvalue weighted by molar-refractivity contribution is 6.02. The van der Waals surface area contributed by atoms with Gasteiger partial charge >= 0.3 is 0 Å². The second-order valence-corrected chi connectivity index (χ2v) is 8.42. The molecule has 162 valence electrons. The fourth-order valence-electron chi connectivity index (χ4n) is 3.43. The molecule has 0 aliphatic heterocycles. The van der Waals surface area contributed by atoms with Crippen LogP contribution in [0.2, 0.25) is 0 Å². The summed E-state index contributed by atoms with van der Waals surface area (Å²) in [5, 5.41) is 2.93. The summed E-state index contributed by atoms with van der Waals surface area (Å²) in [6, 6.07) is 12.9. The Labute approximate surface area is 181 Å². The molecule has 0 bridgehead atoms. The van der Waals surface area contributed by atoms with Gasteiger partial charge < -0.3 is 10.1 Å². The Morgan fingerprint density at radius 1 is 0.967 bits per heavy atom. The van der Waals surface area contributed by atoms with Crippen LogP contribution in [-0.2, 0) is 4.79 Å². The maximum atomic E-state index is 12.3. The summed E-state index contributed by atoms with van der Waals surface area (Å²) in [6.45, 7) is 16.5. The molecule has 30 heavy (non-hydrogen) atoms. The summed E-state index contributed by atoms with van der Waals surface area (Å²) in [7, 11) is 0. The fraction of sp³-hybridized carbons (Fsp3) is 0.423. The molecule has 0 unspecified atom stereocenters. The van der Waals surface area contributed by atoms with Crippen LogP contribution in [0.3, 0.4) is 0 Å². The van der Waals surface area contributed by atoms with E-state index in [1.165, 1.54) is 11.1 Å². The molecule has 2 rings (SSSR count). The Morgan fingerprint density at radius 3 is 2.27 bits per heavy atom. The van der Waals surface area contributed by atoms with E-state index in [0.717, 1.165) is 29.1 Å². The van der Waals surface area contributed by atoms with Crippen molar-refractivity contribution >= 4 is 17.7 Å². The van der Waals surface area contributed by atoms with Gasteiger partial charge in [0.25, 0.3) is 0 Å². The Morgan fingerprint density at radius 2 is 1.63 bits per heavy atom. The van der Waals surface area contributed by atoms with Crippen molar-refractivity contribution in [3.05, 3.63) is 64.7 Å². The van der Waals surface area contributed by atoms with Gasteiger partial charge in [-0.05, 0) is 82.9 Å². The first-order chi connectivity index (χ1) is 14.2. The minimum Gasteiger partial charge on any atom is -0.492 e. The van der Waals surface area contributed by atoms with E-state index in [1.54, 1.807) is 6.08 Å². The van der Waals surface area contributed by atoms with Crippen LogP contribution in [-0.4, -0.2) is 36.0 Å². The van der Waals surface area contributed by atoms with Crippen LogP contribution >= 0.6 is 0 Å². The molecule has 1 amide bonds. The number of carbonyl (C=O) groups is 1. The third kappa shape index (κ3) is 7.03. The predicted octanol–water partition coefficient (Wildman–Crippen LogP) is 5.76. The van der Waals surface area contributed by atoms with Crippen molar-refractivity contribution in [2.45, 2.75) is 60.5 Å². The number of nitrogens with one attached hydrogen (secondary N) is 1. The van der Waals surface area contributed by atoms with Gasteiger partial charge in [-0.1, -0.05) is 24.3 Å². The van der Waals surface area contributed by atoms with Gasteiger partial charge in [-0.15, -0.1) is 0 Å². The molecule has 0 aromatic heterocycles. The molecule has 0 fully saturated rings. The molecule has 4 nitrogen and oxygen atoms in total. The minimum absolute atomic E-state index is 0.158. The summed E-state index contributed by atoms with van der Waals surface area (Å²) in [5.41, 5.74) is 5.26. The third-order valence-electron chi connectivity index (χ3n) is 5.35. The molecular weight excluding hydrogens is 372 g/mol. The van der Waals surface area contributed by atoms with Crippen molar-refractivity contribution in [1.29, 1.82) is 0 Å². The van der Waals surface area contributed by atoms with Crippen molar-refractivity contribution in [2.24, 2.45) is 0 Å². The van der Waals surface area contributed by atoms with Crippen LogP contribution in [0.4, 0.5) is 5.69 Å². The van der Waals surface area contributed by atoms with Crippen LogP contribution in [0.15, 0.2) is 42.5 Å². The molecule has 2 aromatic carbocycles. The maximum Gasteiger partial charge on any atom is 0.248 e. The van der Waals surface area contributed by atoms with E-state index in [4.69, 9.17) is 4.74 Å². The normalized spacial score (nSPS) is 11.7. The molecule has 0 saturated heterocycles. The summed E-state index contributed by atoms with van der Waals surface area (Å²) < 4.78 is 6.03. The highest BCUT2D eigenvalue weighted by atomic mass is 16.5. The monoisotopic (exact) mass is 408 g/mol. The zero-order chi connectivity index (χ0) is 22.3. The topological polar surface area (TPSA) is 41.6 Å². The van der Waals surface area contributed by atoms with Crippen molar-refractivity contribution in [1.82, 2.24) is 4.90 Å². The lowest BCUT2D eigenvalue weighted by Crippen LogP contribution is -2.39. The zero-order valence-electron chi connectivity index (χ0n) is 19.5. The van der Waals surface area contributed by atoms with E-state index >= 15 is 0 Å². The molecular formula is C26H36N2O2. The highest BCUT2D eigenvalue weighted by Gasteiger charge is 2.13. The number of anilines is 1. The lowest BCUT2D eigenvalue weighted by Gasteiger charge is -2.30. The summed E-state index contributed by atoms with van der Waals surface area (Å²) in [4.78, 5) is 14.7. The molecule has 0 atom stereocenters. The van der Waals surface area contributed by atoms with Gasteiger partial charge in [0.05, 0.1) is 0 Å². The lowest BCUT2D eigenvalue weighted by molar-refractivity contribution is -0.111. The number of benzene rings is 2. The number of ether oxygens (including phenoxy) is 1. The van der Waals surface area contributed by atoms with Crippen molar-refractivity contribution in [2.75, 3.05) is 18.5 Å². The van der Waals surface area contributed by atoms with E-state index in [2.05, 4.69) is 63.9 Å². The van der Waals surface area contributed by atoms with Gasteiger partial charge in [-0.2, -0.15) is 0 Å². The Hall–Kier alpha value is -2.59. The standard InChI is InChI=1S/C26H36N2O2/c1-18(2)28(19(3)4)14-15-30-25-17-24(12-9-21(25)6)27-26(29)13-11-23-10-8-20(5)22(7)16-23/h8-13,16-19H,14-15H2,1-7H3,(H,27,29)/b13-11+. The molecule has 0 aliphatic rings. The molecule has 2 aromatic rings. The van der Waals surface area contributed by atoms with Crippen LogP contribution < -0.4 is 10.1 Å². The first kappa shape index (κ1) is 23.7. The van der Waals surface area contributed by atoms with E-state index < -0.39 is 0 Å². The predicted molar refractivity (Wildman–Crippen MR) is 127 cm³/mol. The zero-order valence-corrected chi connectivity index (χ0v) is 19.5. The smallest absolute Gasteiger partial charge is 0.248 e. The molecule has 0 radical (unpaired) electrons. The van der Waals surface area contributed by atoms with E-state index in [0.29, 0.717) is 18.7 Å². The van der Waals surface area contributed by atoms with Crippen LogP contribution in [0.5, 0.6) is 5.75 Å². The van der Waals surface area contributed by atoms with Crippen molar-refractivity contribution < 1.29 is 9.53 Å². The Bertz CT molecular complexity index is 877. The lowest BCUT2D eigenvalue weighted by atomic mass is 10.1. The molecule has 0 saturated carbocycles. The summed E-state index contributed by atoms with van der Waals surface area (Å²) >= 11 is 0. The average molecular weight is 409 g/mol. The number of carbonyl (C=O) groups excluding carboxylic acids is 1. The molecule has 1 N–H and O–H groups in total. The van der Waals surface area contributed by atoms with Gasteiger partial charge in [0.15, 0.2) is 0 Å². The summed E-state index contributed by atoms with van der Waals surface area (Å²) in [5.74, 6) is 0.646. The number of nitrogens with zero attached hydrogens (tertiary/aromatic N) is 1.